The minimum Gasteiger partial charge on any atom is -0.390 e. The molecule has 1 aromatic rings. The van der Waals surface area contributed by atoms with Gasteiger partial charge in [0.05, 0.1) is 12.7 Å². The van der Waals surface area contributed by atoms with Crippen molar-refractivity contribution in [2.45, 2.75) is 24.9 Å². The first-order valence-electron chi connectivity index (χ1n) is 7.11. The molecule has 0 aliphatic carbocycles. The molecule has 29 heavy (non-hydrogen) atoms. The molecule has 1 saturated heterocycles. The summed E-state index contributed by atoms with van der Waals surface area (Å²) in [6.07, 6.45) is -2.74. The standard InChI is InChI=1S/C9H15N2O14P3.BrH/c12-5-3-8(11-2-1-7(13)10-9(11)14)23-6(5)4-22-27(18,19)25-28(20,21)24-26(15,16)17;/h1-2,5-6,8,12H,3-4H2,(H,18,19)(H,20,21)(H,10,13,14)(H2,15,16,17);1H/t5-,6+,8+;/m0./s1. The van der Waals surface area contributed by atoms with E-state index in [1.807, 2.05) is 4.98 Å². The van der Waals surface area contributed by atoms with E-state index in [1.165, 1.54) is 0 Å². The van der Waals surface area contributed by atoms with Crippen LogP contribution in [-0.2, 0) is 31.6 Å². The van der Waals surface area contributed by atoms with Crippen molar-refractivity contribution in [1.29, 1.82) is 0 Å². The van der Waals surface area contributed by atoms with Crippen LogP contribution in [0.3, 0.4) is 0 Å². The van der Waals surface area contributed by atoms with Crippen molar-refractivity contribution < 1.29 is 56.3 Å². The molecule has 1 aromatic heterocycles. The molecule has 1 fully saturated rings. The number of halogens is 1. The van der Waals surface area contributed by atoms with Gasteiger partial charge < -0.3 is 29.4 Å². The molecule has 2 rings (SSSR count). The number of rotatable bonds is 8. The summed E-state index contributed by atoms with van der Waals surface area (Å²) in [6, 6.07) is 1.02. The molecular weight excluding hydrogens is 533 g/mol. The molecule has 168 valence electrons. The molecular formula is C9H16BrN2O14P3. The third kappa shape index (κ3) is 8.26. The van der Waals surface area contributed by atoms with Gasteiger partial charge in [0.25, 0.3) is 5.56 Å². The molecule has 0 aromatic carbocycles. The second-order valence-corrected chi connectivity index (χ2v) is 9.76. The second-order valence-electron chi connectivity index (χ2n) is 5.34. The fourth-order valence-electron chi connectivity index (χ4n) is 2.16. The monoisotopic (exact) mass is 548 g/mol. The van der Waals surface area contributed by atoms with Crippen molar-refractivity contribution in [3.05, 3.63) is 33.1 Å². The molecule has 0 spiro atoms. The number of nitrogens with zero attached hydrogens (tertiary/aromatic N) is 1. The first kappa shape index (κ1) is 26.5. The van der Waals surface area contributed by atoms with Crippen LogP contribution in [0.4, 0.5) is 0 Å². The summed E-state index contributed by atoms with van der Waals surface area (Å²) < 4.78 is 51.0. The SMILES string of the molecule is Br.O=c1ccn([C@H]2C[C@H](O)[C@@H](COP(=O)(O)OP(=O)(O)OP(=O)(O)O)O2)c(=O)[nH]1. The van der Waals surface area contributed by atoms with Gasteiger partial charge in [-0.2, -0.15) is 8.62 Å². The Kier molecular flexibility index (Phi) is 8.91. The van der Waals surface area contributed by atoms with Gasteiger partial charge >= 0.3 is 29.2 Å². The number of H-pyrrole nitrogens is 1. The lowest BCUT2D eigenvalue weighted by Crippen LogP contribution is -2.31. The minimum atomic E-state index is -5.67. The van der Waals surface area contributed by atoms with E-state index in [9.17, 15) is 33.3 Å². The lowest BCUT2D eigenvalue weighted by molar-refractivity contribution is -0.0450. The molecule has 0 amide bonds. The zero-order chi connectivity index (χ0) is 21.3. The van der Waals surface area contributed by atoms with E-state index in [0.29, 0.717) is 0 Å². The number of aliphatic hydroxyl groups is 1. The van der Waals surface area contributed by atoms with Gasteiger partial charge in [0.2, 0.25) is 0 Å². The van der Waals surface area contributed by atoms with Gasteiger partial charge in [0.15, 0.2) is 0 Å². The van der Waals surface area contributed by atoms with Crippen molar-refractivity contribution in [2.24, 2.45) is 0 Å². The number of aliphatic hydroxyl groups excluding tert-OH is 1. The highest BCUT2D eigenvalue weighted by atomic mass is 79.9. The van der Waals surface area contributed by atoms with Crippen LogP contribution < -0.4 is 11.2 Å². The van der Waals surface area contributed by atoms with Gasteiger partial charge in [0, 0.05) is 18.7 Å². The van der Waals surface area contributed by atoms with Crippen LogP contribution in [0.25, 0.3) is 0 Å². The Morgan fingerprint density at radius 1 is 1.14 bits per heavy atom. The van der Waals surface area contributed by atoms with Crippen LogP contribution in [0.2, 0.25) is 0 Å². The van der Waals surface area contributed by atoms with Crippen molar-refractivity contribution >= 4 is 40.4 Å². The van der Waals surface area contributed by atoms with Crippen molar-refractivity contribution in [3.8, 4) is 0 Å². The smallest absolute Gasteiger partial charge is 0.390 e. The maximum Gasteiger partial charge on any atom is 0.490 e. The zero-order valence-corrected chi connectivity index (χ0v) is 18.3. The first-order valence-corrected chi connectivity index (χ1v) is 11.6. The molecule has 16 nitrogen and oxygen atoms in total. The number of aromatic nitrogens is 2. The molecule has 1 aliphatic rings. The Bertz CT molecular complexity index is 972. The van der Waals surface area contributed by atoms with E-state index in [2.05, 4.69) is 13.1 Å². The number of hydrogen-bond acceptors (Lipinski definition) is 10. The quantitative estimate of drug-likeness (QED) is 0.216. The highest BCUT2D eigenvalue weighted by molar-refractivity contribution is 8.93. The number of ether oxygens (including phenoxy) is 1. The van der Waals surface area contributed by atoms with Crippen LogP contribution >= 0.6 is 40.4 Å². The van der Waals surface area contributed by atoms with E-state index in [-0.39, 0.29) is 23.4 Å². The van der Waals surface area contributed by atoms with Crippen LogP contribution in [0.15, 0.2) is 21.9 Å². The van der Waals surface area contributed by atoms with Gasteiger partial charge in [-0.15, -0.1) is 17.0 Å². The number of nitrogens with one attached hydrogen (secondary N) is 1. The summed E-state index contributed by atoms with van der Waals surface area (Å²) in [4.78, 5) is 60.0. The second kappa shape index (κ2) is 9.75. The van der Waals surface area contributed by atoms with Gasteiger partial charge in [-0.05, 0) is 0 Å². The largest absolute Gasteiger partial charge is 0.490 e. The average molecular weight is 549 g/mol. The van der Waals surface area contributed by atoms with Crippen LogP contribution in [0.5, 0.6) is 0 Å². The van der Waals surface area contributed by atoms with Crippen LogP contribution in [-0.4, -0.2) is 53.0 Å². The third-order valence-electron chi connectivity index (χ3n) is 3.18. The number of hydrogen-bond donors (Lipinski definition) is 6. The Morgan fingerprint density at radius 3 is 2.31 bits per heavy atom. The predicted molar refractivity (Wildman–Crippen MR) is 96.0 cm³/mol. The Balaban J connectivity index is 0.00000420. The maximum atomic E-state index is 11.7. The van der Waals surface area contributed by atoms with E-state index in [0.717, 1.165) is 16.8 Å². The normalized spacial score (nSPS) is 26.3. The van der Waals surface area contributed by atoms with Gasteiger partial charge in [-0.1, -0.05) is 0 Å². The molecule has 0 saturated carbocycles. The summed E-state index contributed by atoms with van der Waals surface area (Å²) in [7, 11) is -16.6. The Morgan fingerprint density at radius 2 is 1.76 bits per heavy atom. The number of aromatic amines is 1. The average Bonchev–Trinajstić information content (AvgIpc) is 2.82. The summed E-state index contributed by atoms with van der Waals surface area (Å²) in [5, 5.41) is 9.91. The highest BCUT2D eigenvalue weighted by Crippen LogP contribution is 2.66. The lowest BCUT2D eigenvalue weighted by atomic mass is 10.2. The molecule has 1 aliphatic heterocycles. The Hall–Kier alpha value is -0.510. The predicted octanol–water partition coefficient (Wildman–Crippen LogP) is -0.894. The molecule has 0 radical (unpaired) electrons. The fraction of sp³-hybridized carbons (Fsp3) is 0.556. The number of phosphoric ester groups is 1. The summed E-state index contributed by atoms with van der Waals surface area (Å²) in [5.41, 5.74) is -1.50. The summed E-state index contributed by atoms with van der Waals surface area (Å²) in [5.74, 6) is 0. The van der Waals surface area contributed by atoms with E-state index in [1.54, 1.807) is 0 Å². The van der Waals surface area contributed by atoms with Crippen LogP contribution in [0.1, 0.15) is 12.6 Å². The molecule has 2 heterocycles. The molecule has 5 atom stereocenters. The maximum absolute atomic E-state index is 11.7. The van der Waals surface area contributed by atoms with Gasteiger partial charge in [-0.25, -0.2) is 18.5 Å². The summed E-state index contributed by atoms with van der Waals surface area (Å²) in [6.45, 7) is -0.876. The molecule has 2 unspecified atom stereocenters. The molecule has 0 bridgehead atoms. The molecule has 6 N–H and O–H groups in total. The Labute approximate surface area is 171 Å². The molecule has 20 heteroatoms. The first-order chi connectivity index (χ1) is 12.7. The lowest BCUT2D eigenvalue weighted by Gasteiger charge is -2.19. The van der Waals surface area contributed by atoms with E-state index in [4.69, 9.17) is 19.4 Å². The van der Waals surface area contributed by atoms with Crippen molar-refractivity contribution in [3.63, 3.8) is 0 Å². The fourth-order valence-corrected chi connectivity index (χ4v) is 5.19. The highest BCUT2D eigenvalue weighted by Gasteiger charge is 2.42. The third-order valence-corrected chi connectivity index (χ3v) is 6.99. The van der Waals surface area contributed by atoms with Gasteiger partial charge in [0.1, 0.15) is 12.3 Å². The van der Waals surface area contributed by atoms with Crippen molar-refractivity contribution in [2.75, 3.05) is 6.61 Å². The van der Waals surface area contributed by atoms with Crippen LogP contribution in [0, 0.1) is 0 Å². The van der Waals surface area contributed by atoms with Crippen molar-refractivity contribution in [1.82, 2.24) is 9.55 Å². The van der Waals surface area contributed by atoms with E-state index < -0.39 is 59.8 Å². The van der Waals surface area contributed by atoms with Gasteiger partial charge in [-0.3, -0.25) is 18.9 Å². The number of phosphoric acid groups is 3. The zero-order valence-electron chi connectivity index (χ0n) is 13.9. The van der Waals surface area contributed by atoms with E-state index >= 15 is 0 Å². The topological polar surface area (TPSA) is 244 Å². The minimum absolute atomic E-state index is 0. The summed E-state index contributed by atoms with van der Waals surface area (Å²) >= 11 is 0.